The molecule has 2 fully saturated rings. The Morgan fingerprint density at radius 2 is 1.93 bits per heavy atom. The molecular weight excluding hydrogens is 350 g/mol. The summed E-state index contributed by atoms with van der Waals surface area (Å²) in [5, 5.41) is 4.66. The number of carbonyl (C=O) groups is 3. The monoisotopic (exact) mass is 375 g/mol. The van der Waals surface area contributed by atoms with Crippen molar-refractivity contribution in [1.29, 1.82) is 0 Å². The van der Waals surface area contributed by atoms with Gasteiger partial charge in [-0.1, -0.05) is 12.8 Å². The van der Waals surface area contributed by atoms with E-state index in [1.807, 2.05) is 23.1 Å². The first-order valence-corrected chi connectivity index (χ1v) is 9.13. The number of nitrogens with zero attached hydrogens (tertiary/aromatic N) is 1. The number of rotatable bonds is 7. The molecule has 0 spiro atoms. The van der Waals surface area contributed by atoms with Gasteiger partial charge in [-0.2, -0.15) is 0 Å². The van der Waals surface area contributed by atoms with Crippen LogP contribution in [0.5, 0.6) is 11.5 Å². The van der Waals surface area contributed by atoms with Crippen molar-refractivity contribution in [2.24, 2.45) is 0 Å². The number of urea groups is 1. The standard InChI is InChI=1S/C19H25N3O5/c1-26-14-7-8-16(27-2)12(9-14)11-22(13-5-3-4-6-13)17(23)10-15-18(24)21-19(25)20-15/h7-9,13,15H,3-6,10-11H2,1-2H3,(H2,20,21,24,25)/t15-/m1/s1. The molecule has 146 valence electrons. The van der Waals surface area contributed by atoms with Crippen LogP contribution in [0, 0.1) is 0 Å². The lowest BCUT2D eigenvalue weighted by Crippen LogP contribution is -2.42. The van der Waals surface area contributed by atoms with Crippen LogP contribution in [-0.4, -0.2) is 49.0 Å². The van der Waals surface area contributed by atoms with Gasteiger partial charge in [0.05, 0.1) is 20.6 Å². The number of ether oxygens (including phenoxy) is 2. The summed E-state index contributed by atoms with van der Waals surface area (Å²) >= 11 is 0. The average molecular weight is 375 g/mol. The minimum absolute atomic E-state index is 0.0552. The molecule has 4 amide bonds. The van der Waals surface area contributed by atoms with Crippen molar-refractivity contribution >= 4 is 17.8 Å². The minimum Gasteiger partial charge on any atom is -0.497 e. The number of hydrogen-bond acceptors (Lipinski definition) is 5. The highest BCUT2D eigenvalue weighted by Crippen LogP contribution is 2.30. The van der Waals surface area contributed by atoms with Crippen molar-refractivity contribution in [3.05, 3.63) is 23.8 Å². The van der Waals surface area contributed by atoms with Crippen LogP contribution in [0.4, 0.5) is 4.79 Å². The summed E-state index contributed by atoms with van der Waals surface area (Å²) in [4.78, 5) is 37.9. The van der Waals surface area contributed by atoms with E-state index in [4.69, 9.17) is 9.47 Å². The van der Waals surface area contributed by atoms with E-state index in [2.05, 4.69) is 10.6 Å². The summed E-state index contributed by atoms with van der Waals surface area (Å²) in [5.41, 5.74) is 0.844. The number of hydrogen-bond donors (Lipinski definition) is 2. The van der Waals surface area contributed by atoms with Crippen molar-refractivity contribution in [2.45, 2.75) is 50.7 Å². The number of carbonyl (C=O) groups excluding carboxylic acids is 3. The molecule has 1 atom stereocenters. The van der Waals surface area contributed by atoms with Crippen LogP contribution >= 0.6 is 0 Å². The summed E-state index contributed by atoms with van der Waals surface area (Å²) in [6.45, 7) is 0.367. The smallest absolute Gasteiger partial charge is 0.322 e. The molecule has 0 bridgehead atoms. The van der Waals surface area contributed by atoms with E-state index in [1.54, 1.807) is 14.2 Å². The van der Waals surface area contributed by atoms with Crippen molar-refractivity contribution in [1.82, 2.24) is 15.5 Å². The first-order valence-electron chi connectivity index (χ1n) is 9.13. The van der Waals surface area contributed by atoms with E-state index in [1.165, 1.54) is 0 Å². The van der Waals surface area contributed by atoms with E-state index in [0.29, 0.717) is 18.0 Å². The minimum atomic E-state index is -0.818. The quantitative estimate of drug-likeness (QED) is 0.705. The lowest BCUT2D eigenvalue weighted by atomic mass is 10.1. The Labute approximate surface area is 158 Å². The maximum Gasteiger partial charge on any atom is 0.322 e. The van der Waals surface area contributed by atoms with Gasteiger partial charge in [-0.25, -0.2) is 4.79 Å². The first-order chi connectivity index (χ1) is 13.0. The van der Waals surface area contributed by atoms with E-state index < -0.39 is 18.0 Å². The number of benzene rings is 1. The Bertz CT molecular complexity index is 730. The van der Waals surface area contributed by atoms with Gasteiger partial charge in [-0.05, 0) is 31.0 Å². The average Bonchev–Trinajstić information content (AvgIpc) is 3.29. The third kappa shape index (κ3) is 4.32. The molecule has 8 heteroatoms. The van der Waals surface area contributed by atoms with E-state index in [0.717, 1.165) is 31.2 Å². The largest absolute Gasteiger partial charge is 0.497 e. The van der Waals surface area contributed by atoms with Crippen molar-refractivity contribution in [3.63, 3.8) is 0 Å². The van der Waals surface area contributed by atoms with Crippen LogP contribution in [0.2, 0.25) is 0 Å². The second kappa shape index (κ2) is 8.28. The Kier molecular flexibility index (Phi) is 5.83. The molecule has 8 nitrogen and oxygen atoms in total. The molecule has 1 saturated heterocycles. The first kappa shape index (κ1) is 19.0. The predicted octanol–water partition coefficient (Wildman–Crippen LogP) is 1.57. The van der Waals surface area contributed by atoms with Gasteiger partial charge in [-0.15, -0.1) is 0 Å². The van der Waals surface area contributed by atoms with E-state index in [9.17, 15) is 14.4 Å². The Balaban J connectivity index is 1.80. The molecule has 0 unspecified atom stereocenters. The molecule has 2 N–H and O–H groups in total. The van der Waals surface area contributed by atoms with Crippen LogP contribution in [0.1, 0.15) is 37.7 Å². The second-order valence-electron chi connectivity index (χ2n) is 6.86. The SMILES string of the molecule is COc1ccc(OC)c(CN(C(=O)C[C@H]2NC(=O)NC2=O)C2CCCC2)c1. The highest BCUT2D eigenvalue weighted by molar-refractivity contribution is 6.05. The summed E-state index contributed by atoms with van der Waals surface area (Å²) < 4.78 is 10.7. The summed E-state index contributed by atoms with van der Waals surface area (Å²) in [7, 11) is 3.18. The molecule has 2 aliphatic rings. The lowest BCUT2D eigenvalue weighted by molar-refractivity contribution is -0.136. The van der Waals surface area contributed by atoms with Gasteiger partial charge in [0.25, 0.3) is 5.91 Å². The predicted molar refractivity (Wildman–Crippen MR) is 97.4 cm³/mol. The van der Waals surface area contributed by atoms with Crippen LogP contribution < -0.4 is 20.1 Å². The van der Waals surface area contributed by atoms with Gasteiger partial charge in [-0.3, -0.25) is 14.9 Å². The molecule has 1 aliphatic heterocycles. The third-order valence-electron chi connectivity index (χ3n) is 5.15. The van der Waals surface area contributed by atoms with Crippen molar-refractivity contribution in [2.75, 3.05) is 14.2 Å². The van der Waals surface area contributed by atoms with Crippen LogP contribution in [0.25, 0.3) is 0 Å². The van der Waals surface area contributed by atoms with Gasteiger partial charge in [0.2, 0.25) is 5.91 Å². The van der Waals surface area contributed by atoms with Crippen molar-refractivity contribution in [3.8, 4) is 11.5 Å². The molecule has 1 saturated carbocycles. The van der Waals surface area contributed by atoms with E-state index >= 15 is 0 Å². The summed E-state index contributed by atoms with van der Waals surface area (Å²) in [5.74, 6) is 0.748. The number of nitrogens with one attached hydrogen (secondary N) is 2. The molecular formula is C19H25N3O5. The van der Waals surface area contributed by atoms with Gasteiger partial charge >= 0.3 is 6.03 Å². The maximum atomic E-state index is 13.0. The Morgan fingerprint density at radius 3 is 2.52 bits per heavy atom. The molecule has 1 aromatic carbocycles. The van der Waals surface area contributed by atoms with Crippen LogP contribution in [0.3, 0.4) is 0 Å². The Hall–Kier alpha value is -2.77. The fraction of sp³-hybridized carbons (Fsp3) is 0.526. The number of methoxy groups -OCH3 is 2. The van der Waals surface area contributed by atoms with Crippen molar-refractivity contribution < 1.29 is 23.9 Å². The second-order valence-corrected chi connectivity index (χ2v) is 6.86. The topological polar surface area (TPSA) is 97.0 Å². The molecule has 0 aromatic heterocycles. The van der Waals surface area contributed by atoms with Crippen LogP contribution in [0.15, 0.2) is 18.2 Å². The summed E-state index contributed by atoms with van der Waals surface area (Å²) in [6.07, 6.45) is 3.96. The zero-order valence-corrected chi connectivity index (χ0v) is 15.6. The molecule has 0 radical (unpaired) electrons. The molecule has 3 rings (SSSR count). The molecule has 1 heterocycles. The van der Waals surface area contributed by atoms with Gasteiger partial charge in [0.15, 0.2) is 0 Å². The highest BCUT2D eigenvalue weighted by atomic mass is 16.5. The highest BCUT2D eigenvalue weighted by Gasteiger charge is 2.35. The van der Waals surface area contributed by atoms with Crippen LogP contribution in [-0.2, 0) is 16.1 Å². The number of imide groups is 1. The lowest BCUT2D eigenvalue weighted by Gasteiger charge is -2.30. The van der Waals surface area contributed by atoms with Gasteiger partial charge in [0.1, 0.15) is 17.5 Å². The zero-order chi connectivity index (χ0) is 19.4. The molecule has 1 aliphatic carbocycles. The summed E-state index contributed by atoms with van der Waals surface area (Å²) in [6, 6.07) is 4.23. The molecule has 27 heavy (non-hydrogen) atoms. The normalized spacial score (nSPS) is 19.6. The maximum absolute atomic E-state index is 13.0. The van der Waals surface area contributed by atoms with E-state index in [-0.39, 0.29) is 18.4 Å². The Morgan fingerprint density at radius 1 is 1.19 bits per heavy atom. The fourth-order valence-corrected chi connectivity index (χ4v) is 3.72. The zero-order valence-electron chi connectivity index (χ0n) is 15.6. The van der Waals surface area contributed by atoms with Gasteiger partial charge < -0.3 is 19.7 Å². The molecule has 1 aromatic rings. The third-order valence-corrected chi connectivity index (χ3v) is 5.15. The number of amides is 4. The fourth-order valence-electron chi connectivity index (χ4n) is 3.72. The van der Waals surface area contributed by atoms with Gasteiger partial charge in [0, 0.05) is 18.2 Å².